The van der Waals surface area contributed by atoms with Gasteiger partial charge in [0.2, 0.25) is 0 Å². The molecular formula is C9H14BrN3O3. The number of ether oxygens (including phenoxy) is 1. The molecule has 0 aromatic carbocycles. The maximum absolute atomic E-state index is 10.7. The molecule has 0 bridgehead atoms. The van der Waals surface area contributed by atoms with Gasteiger partial charge in [0, 0.05) is 48.1 Å². The van der Waals surface area contributed by atoms with Gasteiger partial charge in [-0.3, -0.25) is 10.1 Å². The summed E-state index contributed by atoms with van der Waals surface area (Å²) in [5.41, 5.74) is 0. The number of halogens is 1. The summed E-state index contributed by atoms with van der Waals surface area (Å²) in [6.45, 7) is 3.97. The first-order valence-corrected chi connectivity index (χ1v) is 6.08. The molecule has 2 saturated heterocycles. The molecule has 6 nitrogen and oxygen atoms in total. The molecule has 2 aliphatic rings. The van der Waals surface area contributed by atoms with Crippen molar-refractivity contribution in [3.8, 4) is 0 Å². The summed E-state index contributed by atoms with van der Waals surface area (Å²) in [6.07, 6.45) is 1.04. The average molecular weight is 292 g/mol. The third-order valence-electron chi connectivity index (χ3n) is 2.85. The molecule has 1 N–H and O–H groups in total. The van der Waals surface area contributed by atoms with E-state index in [-0.39, 0.29) is 4.61 Å². The molecular weight excluding hydrogens is 278 g/mol. The third-order valence-corrected chi connectivity index (χ3v) is 3.51. The maximum Gasteiger partial charge on any atom is 0.350 e. The van der Waals surface area contributed by atoms with Gasteiger partial charge in [0.15, 0.2) is 5.82 Å². The average Bonchev–Trinajstić information content (AvgIpc) is 2.88. The molecule has 1 unspecified atom stereocenters. The first-order valence-electron chi connectivity index (χ1n) is 5.29. The molecule has 90 valence electrons. The standard InChI is InChI=1S/C9H14BrN3O3/c10-8(13(14)15)9-11-2-3-12(9)5-7-1-4-16-6-7/h7,11H,1-6H2. The number of hydrogen-bond acceptors (Lipinski definition) is 5. The predicted octanol–water partition coefficient (Wildman–Crippen LogP) is 0.726. The van der Waals surface area contributed by atoms with Crippen LogP contribution in [0.2, 0.25) is 0 Å². The third kappa shape index (κ3) is 2.46. The van der Waals surface area contributed by atoms with Crippen molar-refractivity contribution in [3.63, 3.8) is 0 Å². The molecule has 2 fully saturated rings. The van der Waals surface area contributed by atoms with E-state index < -0.39 is 4.92 Å². The summed E-state index contributed by atoms with van der Waals surface area (Å²) < 4.78 is 5.32. The molecule has 2 rings (SSSR count). The molecule has 0 radical (unpaired) electrons. The second kappa shape index (κ2) is 5.01. The molecule has 1 atom stereocenters. The van der Waals surface area contributed by atoms with E-state index in [4.69, 9.17) is 4.74 Å². The van der Waals surface area contributed by atoms with Gasteiger partial charge in [0.25, 0.3) is 0 Å². The fourth-order valence-corrected chi connectivity index (χ4v) is 2.44. The summed E-state index contributed by atoms with van der Waals surface area (Å²) in [5.74, 6) is 1.08. The number of hydrogen-bond donors (Lipinski definition) is 1. The lowest BCUT2D eigenvalue weighted by atomic mass is 10.1. The van der Waals surface area contributed by atoms with Crippen LogP contribution in [-0.4, -0.2) is 42.7 Å². The molecule has 2 aliphatic heterocycles. The summed E-state index contributed by atoms with van der Waals surface area (Å²) in [7, 11) is 0. The SMILES string of the molecule is O=[N+]([O-])C(Br)=C1NCCN1CC1CCOC1. The van der Waals surface area contributed by atoms with E-state index in [2.05, 4.69) is 21.2 Å². The van der Waals surface area contributed by atoms with Crippen LogP contribution in [0.5, 0.6) is 0 Å². The highest BCUT2D eigenvalue weighted by molar-refractivity contribution is 9.11. The molecule has 16 heavy (non-hydrogen) atoms. The Kier molecular flexibility index (Phi) is 3.65. The normalized spacial score (nSPS) is 28.1. The van der Waals surface area contributed by atoms with Gasteiger partial charge in [-0.25, -0.2) is 0 Å². The van der Waals surface area contributed by atoms with Gasteiger partial charge in [0.05, 0.1) is 11.5 Å². The zero-order valence-electron chi connectivity index (χ0n) is 8.82. The van der Waals surface area contributed by atoms with Gasteiger partial charge in [0.1, 0.15) is 0 Å². The van der Waals surface area contributed by atoms with Crippen LogP contribution in [0.1, 0.15) is 6.42 Å². The zero-order chi connectivity index (χ0) is 11.5. The van der Waals surface area contributed by atoms with Crippen molar-refractivity contribution >= 4 is 15.9 Å². The Morgan fingerprint density at radius 1 is 1.75 bits per heavy atom. The largest absolute Gasteiger partial charge is 0.381 e. The Hall–Kier alpha value is -0.820. The lowest BCUT2D eigenvalue weighted by Gasteiger charge is -2.20. The van der Waals surface area contributed by atoms with E-state index in [1.54, 1.807) is 0 Å². The minimum atomic E-state index is -0.411. The van der Waals surface area contributed by atoms with Crippen LogP contribution in [0.25, 0.3) is 0 Å². The van der Waals surface area contributed by atoms with E-state index in [1.807, 2.05) is 4.90 Å². The van der Waals surface area contributed by atoms with Gasteiger partial charge in [-0.15, -0.1) is 0 Å². The quantitative estimate of drug-likeness (QED) is 0.472. The number of nitrogens with zero attached hydrogens (tertiary/aromatic N) is 2. The minimum Gasteiger partial charge on any atom is -0.381 e. The molecule has 0 spiro atoms. The maximum atomic E-state index is 10.7. The Labute approximate surface area is 102 Å². The number of nitro groups is 1. The van der Waals surface area contributed by atoms with Crippen molar-refractivity contribution < 1.29 is 9.66 Å². The highest BCUT2D eigenvalue weighted by Gasteiger charge is 2.28. The minimum absolute atomic E-state index is 0.0175. The van der Waals surface area contributed by atoms with Crippen molar-refractivity contribution in [2.75, 3.05) is 32.8 Å². The summed E-state index contributed by atoms with van der Waals surface area (Å²) in [6, 6.07) is 0. The topological polar surface area (TPSA) is 67.6 Å². The van der Waals surface area contributed by atoms with Crippen molar-refractivity contribution in [2.24, 2.45) is 5.92 Å². The second-order valence-electron chi connectivity index (χ2n) is 4.00. The number of rotatable bonds is 3. The predicted molar refractivity (Wildman–Crippen MR) is 61.4 cm³/mol. The molecule has 0 saturated carbocycles. The van der Waals surface area contributed by atoms with Crippen LogP contribution in [-0.2, 0) is 4.74 Å². The van der Waals surface area contributed by atoms with Gasteiger partial charge >= 0.3 is 4.61 Å². The summed E-state index contributed by atoms with van der Waals surface area (Å²) >= 11 is 3.00. The lowest BCUT2D eigenvalue weighted by molar-refractivity contribution is -0.411. The van der Waals surface area contributed by atoms with Crippen LogP contribution in [0.3, 0.4) is 0 Å². The highest BCUT2D eigenvalue weighted by atomic mass is 79.9. The lowest BCUT2D eigenvalue weighted by Crippen LogP contribution is -2.28. The van der Waals surface area contributed by atoms with Crippen molar-refractivity contribution in [2.45, 2.75) is 6.42 Å². The van der Waals surface area contributed by atoms with Crippen LogP contribution >= 0.6 is 15.9 Å². The molecule has 0 aromatic rings. The van der Waals surface area contributed by atoms with Gasteiger partial charge in [-0.05, 0) is 6.42 Å². The second-order valence-corrected chi connectivity index (χ2v) is 4.75. The number of nitrogens with one attached hydrogen (secondary N) is 1. The van der Waals surface area contributed by atoms with Crippen LogP contribution in [0.15, 0.2) is 10.4 Å². The van der Waals surface area contributed by atoms with Crippen molar-refractivity contribution in [3.05, 3.63) is 20.5 Å². The van der Waals surface area contributed by atoms with Gasteiger partial charge in [-0.2, -0.15) is 0 Å². The molecule has 7 heteroatoms. The van der Waals surface area contributed by atoms with Gasteiger partial charge in [-0.1, -0.05) is 0 Å². The Morgan fingerprint density at radius 2 is 2.56 bits per heavy atom. The van der Waals surface area contributed by atoms with Gasteiger partial charge < -0.3 is 15.0 Å². The summed E-state index contributed by atoms with van der Waals surface area (Å²) in [5, 5.41) is 13.7. The Bertz CT molecular complexity index is 315. The van der Waals surface area contributed by atoms with Crippen LogP contribution in [0, 0.1) is 16.0 Å². The van der Waals surface area contributed by atoms with Crippen LogP contribution in [0.4, 0.5) is 0 Å². The molecule has 0 amide bonds. The zero-order valence-corrected chi connectivity index (χ0v) is 10.4. The highest BCUT2D eigenvalue weighted by Crippen LogP contribution is 2.22. The van der Waals surface area contributed by atoms with E-state index in [1.165, 1.54) is 0 Å². The van der Waals surface area contributed by atoms with Crippen LogP contribution < -0.4 is 5.32 Å². The fourth-order valence-electron chi connectivity index (χ4n) is 2.04. The Morgan fingerprint density at radius 3 is 3.19 bits per heavy atom. The van der Waals surface area contributed by atoms with E-state index in [9.17, 15) is 10.1 Å². The Balaban J connectivity index is 2.02. The summed E-state index contributed by atoms with van der Waals surface area (Å²) in [4.78, 5) is 12.3. The first kappa shape index (κ1) is 11.7. The molecule has 0 aromatic heterocycles. The fraction of sp³-hybridized carbons (Fsp3) is 0.778. The van der Waals surface area contributed by atoms with E-state index in [0.29, 0.717) is 11.7 Å². The van der Waals surface area contributed by atoms with E-state index >= 15 is 0 Å². The van der Waals surface area contributed by atoms with Crippen molar-refractivity contribution in [1.29, 1.82) is 0 Å². The smallest absolute Gasteiger partial charge is 0.350 e. The molecule has 0 aliphatic carbocycles. The van der Waals surface area contributed by atoms with E-state index in [0.717, 1.165) is 39.3 Å². The van der Waals surface area contributed by atoms with Crippen molar-refractivity contribution in [1.82, 2.24) is 10.2 Å². The first-order chi connectivity index (χ1) is 7.68. The monoisotopic (exact) mass is 291 g/mol. The molecule has 2 heterocycles.